The molecule has 2 aliphatic rings. The minimum atomic E-state index is -3.39. The van der Waals surface area contributed by atoms with E-state index in [4.69, 9.17) is 0 Å². The summed E-state index contributed by atoms with van der Waals surface area (Å²) >= 11 is 0. The lowest BCUT2D eigenvalue weighted by molar-refractivity contribution is -0.162. The van der Waals surface area contributed by atoms with Gasteiger partial charge < -0.3 is 10.0 Å². The van der Waals surface area contributed by atoms with E-state index >= 15 is 0 Å². The highest BCUT2D eigenvalue weighted by molar-refractivity contribution is 7.82. The Morgan fingerprint density at radius 1 is 1.24 bits per heavy atom. The largest absolute Gasteiger partial charge is 0.380 e. The fourth-order valence-electron chi connectivity index (χ4n) is 4.36. The zero-order valence-electron chi connectivity index (χ0n) is 17.7. The second-order valence-electron chi connectivity index (χ2n) is 8.57. The molecule has 1 aliphatic carbocycles. The summed E-state index contributed by atoms with van der Waals surface area (Å²) in [6, 6.07) is 4.80. The maximum Gasteiger partial charge on any atom is 0.283 e. The van der Waals surface area contributed by atoms with Gasteiger partial charge in [0.15, 0.2) is 0 Å². The molecule has 1 aliphatic heterocycles. The average Bonchev–Trinajstić information content (AvgIpc) is 2.95. The molecule has 2 unspecified atom stereocenters. The van der Waals surface area contributed by atoms with Crippen molar-refractivity contribution in [2.24, 2.45) is 0 Å². The highest BCUT2D eigenvalue weighted by atomic mass is 32.2. The van der Waals surface area contributed by atoms with Crippen molar-refractivity contribution >= 4 is 16.9 Å². The number of likely N-dealkylation sites (tertiary alicyclic amines) is 1. The molecule has 0 bridgehead atoms. The summed E-state index contributed by atoms with van der Waals surface area (Å²) < 4.78 is 71.2. The Labute approximate surface area is 190 Å². The Morgan fingerprint density at radius 3 is 2.48 bits per heavy atom. The van der Waals surface area contributed by atoms with Gasteiger partial charge in [-0.05, 0) is 43.5 Å². The molecule has 178 valence electrons. The van der Waals surface area contributed by atoms with Gasteiger partial charge in [0.2, 0.25) is 0 Å². The number of carbonyl (C=O) groups excluding carboxylic acids is 1. The van der Waals surface area contributed by atoms with Gasteiger partial charge in [0.1, 0.15) is 23.3 Å². The van der Waals surface area contributed by atoms with Crippen LogP contribution in [0.5, 0.6) is 0 Å². The van der Waals surface area contributed by atoms with Crippen LogP contribution in [0.2, 0.25) is 0 Å². The van der Waals surface area contributed by atoms with E-state index in [-0.39, 0.29) is 30.5 Å². The number of aromatic nitrogens is 1. The Kier molecular flexibility index (Phi) is 6.32. The van der Waals surface area contributed by atoms with E-state index in [2.05, 4.69) is 9.71 Å². The zero-order valence-corrected chi connectivity index (χ0v) is 18.5. The van der Waals surface area contributed by atoms with Crippen LogP contribution in [0.1, 0.15) is 25.0 Å². The van der Waals surface area contributed by atoms with Crippen LogP contribution in [-0.4, -0.2) is 61.5 Å². The first-order chi connectivity index (χ1) is 15.5. The van der Waals surface area contributed by atoms with Crippen LogP contribution in [0.4, 0.5) is 17.6 Å². The minimum absolute atomic E-state index is 0.141. The van der Waals surface area contributed by atoms with E-state index in [0.29, 0.717) is 12.1 Å². The summed E-state index contributed by atoms with van der Waals surface area (Å²) in [7, 11) is -1.79. The van der Waals surface area contributed by atoms with Crippen LogP contribution in [0.3, 0.4) is 0 Å². The Hall–Kier alpha value is -2.37. The molecule has 0 radical (unpaired) electrons. The molecule has 1 saturated heterocycles. The van der Waals surface area contributed by atoms with Crippen LogP contribution in [0.15, 0.2) is 36.4 Å². The maximum absolute atomic E-state index is 14.9. The average molecular weight is 486 g/mol. The second-order valence-corrected chi connectivity index (χ2v) is 9.72. The van der Waals surface area contributed by atoms with Crippen molar-refractivity contribution in [2.75, 3.05) is 12.8 Å². The zero-order chi connectivity index (χ0) is 24.0. The van der Waals surface area contributed by atoms with Crippen molar-refractivity contribution in [2.45, 2.75) is 49.3 Å². The van der Waals surface area contributed by atoms with Crippen molar-refractivity contribution in [1.82, 2.24) is 14.6 Å². The van der Waals surface area contributed by atoms with Crippen LogP contribution in [-0.2, 0) is 22.2 Å². The molecule has 1 aromatic heterocycles. The Morgan fingerprint density at radius 2 is 1.91 bits per heavy atom. The summed E-state index contributed by atoms with van der Waals surface area (Å²) in [5.74, 6) is -5.75. The highest BCUT2D eigenvalue weighted by Crippen LogP contribution is 2.40. The molecule has 2 heterocycles. The standard InChI is InChI=1S/C22H23F4N3O3S/c1-33(32)28-19-18(29(12-22(19,25)26)20(30)21(31)6-3-7-21)11-16-4-2-5-17(27-16)13-8-14(23)10-15(24)9-13/h2,4-5,8-10,18-19,28,31H,3,6-7,11-12H2,1H3/t18-,19?,33?/m0/s1. The van der Waals surface area contributed by atoms with Crippen molar-refractivity contribution in [3.8, 4) is 11.3 Å². The number of hydrogen-bond acceptors (Lipinski definition) is 4. The number of rotatable bonds is 6. The van der Waals surface area contributed by atoms with Crippen LogP contribution in [0.25, 0.3) is 11.3 Å². The first-order valence-electron chi connectivity index (χ1n) is 10.4. The van der Waals surface area contributed by atoms with Crippen LogP contribution >= 0.6 is 0 Å². The number of carbonyl (C=O) groups is 1. The molecule has 2 aromatic rings. The van der Waals surface area contributed by atoms with E-state index in [1.165, 1.54) is 12.3 Å². The predicted octanol–water partition coefficient (Wildman–Crippen LogP) is 2.58. The smallest absolute Gasteiger partial charge is 0.283 e. The molecule has 4 rings (SSSR count). The molecule has 1 amide bonds. The molecule has 1 saturated carbocycles. The van der Waals surface area contributed by atoms with Gasteiger partial charge in [-0.2, -0.15) is 0 Å². The molecule has 6 nitrogen and oxygen atoms in total. The number of pyridine rings is 1. The number of alkyl halides is 2. The summed E-state index contributed by atoms with van der Waals surface area (Å²) in [5, 5.41) is 10.5. The Balaban J connectivity index is 1.67. The van der Waals surface area contributed by atoms with Gasteiger partial charge >= 0.3 is 0 Å². The fraction of sp³-hybridized carbons (Fsp3) is 0.455. The number of nitrogens with one attached hydrogen (secondary N) is 1. The third-order valence-corrected chi connectivity index (χ3v) is 6.72. The lowest BCUT2D eigenvalue weighted by Gasteiger charge is -2.40. The third kappa shape index (κ3) is 4.80. The van der Waals surface area contributed by atoms with E-state index in [1.807, 2.05) is 0 Å². The van der Waals surface area contributed by atoms with Gasteiger partial charge in [0.05, 0.1) is 29.3 Å². The Bertz CT molecular complexity index is 1080. The maximum atomic E-state index is 14.9. The first kappa shape index (κ1) is 23.8. The molecule has 2 N–H and O–H groups in total. The molecule has 3 atom stereocenters. The normalized spacial score (nSPS) is 24.4. The number of aliphatic hydroxyl groups is 1. The number of amides is 1. The molecular formula is C22H23F4N3O3S. The SMILES string of the molecule is CS(=O)NC1[C@H](Cc2cccc(-c3cc(F)cc(F)c3)n2)N(C(=O)C2(O)CCC2)CC1(F)F. The van der Waals surface area contributed by atoms with Crippen molar-refractivity contribution in [3.05, 3.63) is 53.7 Å². The summed E-state index contributed by atoms with van der Waals surface area (Å²) in [6.45, 7) is -0.928. The van der Waals surface area contributed by atoms with Gasteiger partial charge in [-0.1, -0.05) is 6.07 Å². The van der Waals surface area contributed by atoms with E-state index in [9.17, 15) is 31.7 Å². The number of halogens is 4. The number of hydrogen-bond donors (Lipinski definition) is 2. The summed E-state index contributed by atoms with van der Waals surface area (Å²) in [5.41, 5.74) is -0.975. The van der Waals surface area contributed by atoms with E-state index in [0.717, 1.165) is 23.1 Å². The number of nitrogens with zero attached hydrogens (tertiary/aromatic N) is 2. The highest BCUT2D eigenvalue weighted by Gasteiger charge is 2.59. The van der Waals surface area contributed by atoms with E-state index < -0.39 is 58.7 Å². The predicted molar refractivity (Wildman–Crippen MR) is 114 cm³/mol. The summed E-state index contributed by atoms with van der Waals surface area (Å²) in [4.78, 5) is 18.3. The van der Waals surface area contributed by atoms with Crippen molar-refractivity contribution in [3.63, 3.8) is 0 Å². The lowest BCUT2D eigenvalue weighted by Crippen LogP contribution is -2.57. The first-order valence-corrected chi connectivity index (χ1v) is 12.0. The monoisotopic (exact) mass is 485 g/mol. The molecule has 1 aromatic carbocycles. The molecular weight excluding hydrogens is 462 g/mol. The van der Waals surface area contributed by atoms with Crippen LogP contribution in [0, 0.1) is 11.6 Å². The topological polar surface area (TPSA) is 82.5 Å². The molecule has 0 spiro atoms. The van der Waals surface area contributed by atoms with Crippen molar-refractivity contribution in [1.29, 1.82) is 0 Å². The van der Waals surface area contributed by atoms with Crippen LogP contribution < -0.4 is 4.72 Å². The van der Waals surface area contributed by atoms with Gasteiger partial charge in [-0.15, -0.1) is 0 Å². The van der Waals surface area contributed by atoms with Crippen molar-refractivity contribution < 1.29 is 31.7 Å². The fourth-order valence-corrected chi connectivity index (χ4v) is 5.05. The van der Waals surface area contributed by atoms with Gasteiger partial charge in [-0.25, -0.2) is 26.5 Å². The van der Waals surface area contributed by atoms with Gasteiger partial charge in [0.25, 0.3) is 11.8 Å². The van der Waals surface area contributed by atoms with E-state index in [1.54, 1.807) is 12.1 Å². The molecule has 11 heteroatoms. The molecule has 2 fully saturated rings. The molecule has 33 heavy (non-hydrogen) atoms. The third-order valence-electron chi connectivity index (χ3n) is 6.14. The quantitative estimate of drug-likeness (QED) is 0.617. The van der Waals surface area contributed by atoms with Gasteiger partial charge in [0, 0.05) is 30.0 Å². The van der Waals surface area contributed by atoms with Gasteiger partial charge in [-0.3, -0.25) is 9.78 Å². The minimum Gasteiger partial charge on any atom is -0.380 e. The number of benzene rings is 1. The lowest BCUT2D eigenvalue weighted by atomic mass is 9.79. The second kappa shape index (κ2) is 8.77. The summed E-state index contributed by atoms with van der Waals surface area (Å²) in [6.07, 6.45) is 2.08.